The highest BCUT2D eigenvalue weighted by Gasteiger charge is 2.15. The molecule has 7 heteroatoms. The van der Waals surface area contributed by atoms with E-state index in [9.17, 15) is 13.2 Å². The average molecular weight is 362 g/mol. The van der Waals surface area contributed by atoms with Crippen molar-refractivity contribution in [3.05, 3.63) is 60.2 Å². The molecule has 0 aliphatic carbocycles. The second-order valence-corrected chi connectivity index (χ2v) is 7.25. The summed E-state index contributed by atoms with van der Waals surface area (Å²) in [6.45, 7) is 1.19. The normalized spacial score (nSPS) is 11.1. The van der Waals surface area contributed by atoms with Crippen LogP contribution in [0.3, 0.4) is 0 Å². The molecular weight excluding hydrogens is 340 g/mol. The molecule has 2 aromatic carbocycles. The van der Waals surface area contributed by atoms with Gasteiger partial charge in [-0.15, -0.1) is 0 Å². The van der Waals surface area contributed by atoms with Gasteiger partial charge >= 0.3 is 0 Å². The van der Waals surface area contributed by atoms with Gasteiger partial charge in [-0.05, 0) is 42.8 Å². The number of carbonyl (C=O) groups excluding carboxylic acids is 1. The third-order valence-electron chi connectivity index (χ3n) is 3.63. The Morgan fingerprint density at radius 2 is 1.72 bits per heavy atom. The lowest BCUT2D eigenvalue weighted by Gasteiger charge is -2.17. The van der Waals surface area contributed by atoms with Gasteiger partial charge in [0.1, 0.15) is 0 Å². The van der Waals surface area contributed by atoms with Crippen molar-refractivity contribution in [2.24, 2.45) is 0 Å². The van der Waals surface area contributed by atoms with Crippen LogP contribution >= 0.6 is 0 Å². The standard InChI is InChI=1S/C18H22N2O4S/c1-20(13-6-14-24-2)18(21)15-9-11-16(12-10-15)19-25(22,23)17-7-4-3-5-8-17/h3-5,7-12,19H,6,13-14H2,1-2H3. The first-order chi connectivity index (χ1) is 11.9. The van der Waals surface area contributed by atoms with Gasteiger partial charge < -0.3 is 9.64 Å². The zero-order valence-corrected chi connectivity index (χ0v) is 15.1. The second-order valence-electron chi connectivity index (χ2n) is 5.57. The summed E-state index contributed by atoms with van der Waals surface area (Å²) >= 11 is 0. The molecule has 0 aliphatic rings. The van der Waals surface area contributed by atoms with E-state index in [1.807, 2.05) is 0 Å². The van der Waals surface area contributed by atoms with Gasteiger partial charge in [0, 0.05) is 38.6 Å². The SMILES string of the molecule is COCCCN(C)C(=O)c1ccc(NS(=O)(=O)c2ccccc2)cc1. The molecule has 0 atom stereocenters. The second kappa shape index (κ2) is 8.64. The molecule has 1 N–H and O–H groups in total. The summed E-state index contributed by atoms with van der Waals surface area (Å²) in [5.41, 5.74) is 0.907. The third kappa shape index (κ3) is 5.30. The Morgan fingerprint density at radius 3 is 2.32 bits per heavy atom. The molecule has 0 heterocycles. The Labute approximate surface area is 148 Å². The summed E-state index contributed by atoms with van der Waals surface area (Å²) in [6, 6.07) is 14.5. The van der Waals surface area contributed by atoms with E-state index in [1.165, 1.54) is 12.1 Å². The zero-order chi connectivity index (χ0) is 18.3. The molecule has 1 amide bonds. The maximum atomic E-state index is 12.3. The maximum Gasteiger partial charge on any atom is 0.261 e. The predicted molar refractivity (Wildman–Crippen MR) is 97.1 cm³/mol. The number of sulfonamides is 1. The first-order valence-electron chi connectivity index (χ1n) is 7.86. The van der Waals surface area contributed by atoms with Crippen molar-refractivity contribution in [2.75, 3.05) is 32.0 Å². The van der Waals surface area contributed by atoms with Gasteiger partial charge in [0.2, 0.25) is 0 Å². The molecule has 6 nitrogen and oxygen atoms in total. The van der Waals surface area contributed by atoms with Crippen LogP contribution in [-0.4, -0.2) is 46.5 Å². The van der Waals surface area contributed by atoms with Crippen LogP contribution in [-0.2, 0) is 14.8 Å². The molecule has 0 spiro atoms. The number of hydrogen-bond acceptors (Lipinski definition) is 4. The predicted octanol–water partition coefficient (Wildman–Crippen LogP) is 2.60. The molecular formula is C18H22N2O4S. The largest absolute Gasteiger partial charge is 0.385 e. The molecule has 0 aromatic heterocycles. The zero-order valence-electron chi connectivity index (χ0n) is 14.3. The van der Waals surface area contributed by atoms with Crippen LogP contribution in [0.4, 0.5) is 5.69 Å². The van der Waals surface area contributed by atoms with Gasteiger partial charge in [-0.2, -0.15) is 0 Å². The van der Waals surface area contributed by atoms with Gasteiger partial charge in [-0.25, -0.2) is 8.42 Å². The average Bonchev–Trinajstić information content (AvgIpc) is 2.62. The fourth-order valence-corrected chi connectivity index (χ4v) is 3.34. The van der Waals surface area contributed by atoms with Crippen molar-refractivity contribution in [1.82, 2.24) is 4.90 Å². The number of nitrogens with zero attached hydrogens (tertiary/aromatic N) is 1. The summed E-state index contributed by atoms with van der Waals surface area (Å²) in [7, 11) is -0.289. The summed E-state index contributed by atoms with van der Waals surface area (Å²) in [5.74, 6) is -0.117. The van der Waals surface area contributed by atoms with Crippen LogP contribution in [0.1, 0.15) is 16.8 Å². The van der Waals surface area contributed by atoms with Crippen LogP contribution in [0.5, 0.6) is 0 Å². The summed E-state index contributed by atoms with van der Waals surface area (Å²) < 4.78 is 32.0. The van der Waals surface area contributed by atoms with E-state index in [2.05, 4.69) is 4.72 Å². The molecule has 0 fully saturated rings. The van der Waals surface area contributed by atoms with Crippen LogP contribution in [0.15, 0.2) is 59.5 Å². The van der Waals surface area contributed by atoms with E-state index in [1.54, 1.807) is 61.5 Å². The minimum Gasteiger partial charge on any atom is -0.385 e. The van der Waals surface area contributed by atoms with Crippen LogP contribution in [0.25, 0.3) is 0 Å². The van der Waals surface area contributed by atoms with Gasteiger partial charge in [0.15, 0.2) is 0 Å². The summed E-state index contributed by atoms with van der Waals surface area (Å²) in [4.78, 5) is 14.1. The monoisotopic (exact) mass is 362 g/mol. The number of methoxy groups -OCH3 is 1. The Hall–Kier alpha value is -2.38. The Kier molecular flexibility index (Phi) is 6.55. The minimum atomic E-state index is -3.64. The van der Waals surface area contributed by atoms with Crippen molar-refractivity contribution in [3.63, 3.8) is 0 Å². The lowest BCUT2D eigenvalue weighted by Crippen LogP contribution is -2.28. The topological polar surface area (TPSA) is 75.7 Å². The Bertz CT molecular complexity index is 790. The molecule has 0 bridgehead atoms. The van der Waals surface area contributed by atoms with Crippen LogP contribution in [0.2, 0.25) is 0 Å². The molecule has 2 aromatic rings. The van der Waals surface area contributed by atoms with E-state index >= 15 is 0 Å². The number of ether oxygens (including phenoxy) is 1. The lowest BCUT2D eigenvalue weighted by molar-refractivity contribution is 0.0779. The minimum absolute atomic E-state index is 0.117. The van der Waals surface area contributed by atoms with Crippen molar-refractivity contribution in [1.29, 1.82) is 0 Å². The molecule has 134 valence electrons. The lowest BCUT2D eigenvalue weighted by atomic mass is 10.2. The summed E-state index contributed by atoms with van der Waals surface area (Å²) in [6.07, 6.45) is 0.758. The molecule has 0 aliphatic heterocycles. The number of amides is 1. The van der Waals surface area contributed by atoms with Crippen molar-refractivity contribution >= 4 is 21.6 Å². The van der Waals surface area contributed by atoms with Crippen molar-refractivity contribution in [2.45, 2.75) is 11.3 Å². The number of anilines is 1. The molecule has 0 radical (unpaired) electrons. The molecule has 0 saturated carbocycles. The van der Waals surface area contributed by atoms with Gasteiger partial charge in [0.25, 0.3) is 15.9 Å². The van der Waals surface area contributed by atoms with E-state index in [0.717, 1.165) is 6.42 Å². The number of benzene rings is 2. The summed E-state index contributed by atoms with van der Waals surface area (Å²) in [5, 5.41) is 0. The molecule has 0 saturated heterocycles. The third-order valence-corrected chi connectivity index (χ3v) is 5.02. The van der Waals surface area contributed by atoms with Crippen LogP contribution < -0.4 is 4.72 Å². The van der Waals surface area contributed by atoms with Gasteiger partial charge in [-0.1, -0.05) is 18.2 Å². The number of hydrogen-bond donors (Lipinski definition) is 1. The van der Waals surface area contributed by atoms with Gasteiger partial charge in [-0.3, -0.25) is 9.52 Å². The highest BCUT2D eigenvalue weighted by atomic mass is 32.2. The number of carbonyl (C=O) groups is 1. The van der Waals surface area contributed by atoms with Gasteiger partial charge in [0.05, 0.1) is 4.90 Å². The van der Waals surface area contributed by atoms with Crippen LogP contribution in [0, 0.1) is 0 Å². The first-order valence-corrected chi connectivity index (χ1v) is 9.34. The maximum absolute atomic E-state index is 12.3. The smallest absolute Gasteiger partial charge is 0.261 e. The van der Waals surface area contributed by atoms with Crippen molar-refractivity contribution in [3.8, 4) is 0 Å². The fraction of sp³-hybridized carbons (Fsp3) is 0.278. The van der Waals surface area contributed by atoms with E-state index < -0.39 is 10.0 Å². The van der Waals surface area contributed by atoms with E-state index in [4.69, 9.17) is 4.74 Å². The fourth-order valence-electron chi connectivity index (χ4n) is 2.26. The highest BCUT2D eigenvalue weighted by Crippen LogP contribution is 2.17. The highest BCUT2D eigenvalue weighted by molar-refractivity contribution is 7.92. The van der Waals surface area contributed by atoms with E-state index in [-0.39, 0.29) is 10.8 Å². The van der Waals surface area contributed by atoms with Crippen molar-refractivity contribution < 1.29 is 17.9 Å². The van der Waals surface area contributed by atoms with E-state index in [0.29, 0.717) is 24.4 Å². The molecule has 0 unspecified atom stereocenters. The Morgan fingerprint density at radius 1 is 1.08 bits per heavy atom. The number of rotatable bonds is 8. The number of nitrogens with one attached hydrogen (secondary N) is 1. The molecule has 25 heavy (non-hydrogen) atoms. The molecule has 2 rings (SSSR count). The first kappa shape index (κ1) is 19.0. The quantitative estimate of drug-likeness (QED) is 0.733. The Balaban J connectivity index is 2.03.